The van der Waals surface area contributed by atoms with Gasteiger partial charge in [-0.1, -0.05) is 26.3 Å². The largest absolute Gasteiger partial charge is 0.346 e. The fourth-order valence-corrected chi connectivity index (χ4v) is 2.18. The molecule has 160 valence electrons. The molecule has 0 atom stereocenters. The molecule has 4 amide bonds. The van der Waals surface area contributed by atoms with Gasteiger partial charge < -0.3 is 9.47 Å². The third kappa shape index (κ3) is 7.72. The van der Waals surface area contributed by atoms with Crippen molar-refractivity contribution in [2.24, 2.45) is 0 Å². The minimum absolute atomic E-state index is 0.134. The molecule has 10 nitrogen and oxygen atoms in total. The first kappa shape index (κ1) is 25.8. The standard InChI is InChI=1S/C19H28N4O6/c1-7-20(13-24)17(21(8-2)14-25)11-28-19(5,6)29-12-18(22(9-3)15-26)23(10-4)16-27/h7-10,13-18H,1-4,11-12H2,5-6H3. The van der Waals surface area contributed by atoms with Crippen LogP contribution in [-0.4, -0.2) is 76.6 Å². The van der Waals surface area contributed by atoms with E-state index in [4.69, 9.17) is 9.47 Å². The summed E-state index contributed by atoms with van der Waals surface area (Å²) in [6.07, 6.45) is 5.24. The van der Waals surface area contributed by atoms with Gasteiger partial charge in [-0.2, -0.15) is 0 Å². The molecule has 0 heterocycles. The summed E-state index contributed by atoms with van der Waals surface area (Å²) in [5, 5.41) is 0. The zero-order valence-electron chi connectivity index (χ0n) is 16.8. The molecule has 10 heteroatoms. The zero-order valence-corrected chi connectivity index (χ0v) is 16.8. The van der Waals surface area contributed by atoms with E-state index in [1.165, 1.54) is 24.8 Å². The Morgan fingerprint density at radius 3 is 1.07 bits per heavy atom. The van der Waals surface area contributed by atoms with Crippen molar-refractivity contribution < 1.29 is 28.7 Å². The smallest absolute Gasteiger partial charge is 0.215 e. The van der Waals surface area contributed by atoms with Crippen LogP contribution in [0.5, 0.6) is 0 Å². The van der Waals surface area contributed by atoms with E-state index in [0.717, 1.165) is 19.6 Å². The summed E-state index contributed by atoms with van der Waals surface area (Å²) in [6.45, 7) is 17.0. The lowest BCUT2D eigenvalue weighted by atomic mass is 10.3. The van der Waals surface area contributed by atoms with Crippen LogP contribution in [0.3, 0.4) is 0 Å². The number of nitrogens with zero attached hydrogens (tertiary/aromatic N) is 4. The predicted octanol–water partition coefficient (Wildman–Crippen LogP) is 0.816. The van der Waals surface area contributed by atoms with E-state index in [9.17, 15) is 19.2 Å². The van der Waals surface area contributed by atoms with Crippen molar-refractivity contribution in [2.75, 3.05) is 13.2 Å². The van der Waals surface area contributed by atoms with E-state index in [2.05, 4.69) is 26.3 Å². The second kappa shape index (κ2) is 13.0. The second-order valence-electron chi connectivity index (χ2n) is 5.92. The third-order valence-electron chi connectivity index (χ3n) is 3.87. The lowest BCUT2D eigenvalue weighted by Gasteiger charge is -2.36. The molecule has 0 aliphatic rings. The predicted molar refractivity (Wildman–Crippen MR) is 106 cm³/mol. The normalized spacial score (nSPS) is 10.6. The molecule has 0 aromatic heterocycles. The van der Waals surface area contributed by atoms with Gasteiger partial charge in [-0.25, -0.2) is 0 Å². The van der Waals surface area contributed by atoms with Crippen LogP contribution >= 0.6 is 0 Å². The fourth-order valence-electron chi connectivity index (χ4n) is 2.18. The molecule has 0 aromatic rings. The SMILES string of the molecule is C=CN(C=O)C(COC(C)(C)OCC(N(C=C)C=O)N(C=C)C=O)N(C=C)C=O. The van der Waals surface area contributed by atoms with Crippen LogP contribution in [0.1, 0.15) is 13.8 Å². The average molecular weight is 408 g/mol. The minimum atomic E-state index is -1.21. The number of carbonyl (C=O) groups excluding carboxylic acids is 4. The molecule has 0 aliphatic heterocycles. The van der Waals surface area contributed by atoms with Gasteiger partial charge in [-0.05, 0) is 13.8 Å². The third-order valence-corrected chi connectivity index (χ3v) is 3.87. The fraction of sp³-hybridized carbons (Fsp3) is 0.368. The summed E-state index contributed by atoms with van der Waals surface area (Å²) in [4.78, 5) is 49.4. The van der Waals surface area contributed by atoms with Gasteiger partial charge in [0.2, 0.25) is 25.6 Å². The lowest BCUT2D eigenvalue weighted by molar-refractivity contribution is -0.232. The van der Waals surface area contributed by atoms with E-state index in [1.54, 1.807) is 13.8 Å². The number of rotatable bonds is 18. The van der Waals surface area contributed by atoms with Gasteiger partial charge >= 0.3 is 0 Å². The van der Waals surface area contributed by atoms with E-state index in [1.807, 2.05) is 0 Å². The van der Waals surface area contributed by atoms with Crippen LogP contribution in [-0.2, 0) is 28.7 Å². The van der Waals surface area contributed by atoms with Gasteiger partial charge in [-0.3, -0.25) is 38.8 Å². The zero-order chi connectivity index (χ0) is 22.4. The highest BCUT2D eigenvalue weighted by molar-refractivity contribution is 5.54. The first-order valence-corrected chi connectivity index (χ1v) is 8.48. The number of carbonyl (C=O) groups is 4. The first-order chi connectivity index (χ1) is 13.8. The van der Waals surface area contributed by atoms with Gasteiger partial charge in [0, 0.05) is 24.8 Å². The number of amides is 4. The van der Waals surface area contributed by atoms with Crippen molar-refractivity contribution in [1.29, 1.82) is 0 Å². The maximum Gasteiger partial charge on any atom is 0.215 e. The number of hydrogen-bond acceptors (Lipinski definition) is 6. The number of ether oxygens (including phenoxy) is 2. The van der Waals surface area contributed by atoms with Gasteiger partial charge in [0.05, 0.1) is 13.2 Å². The van der Waals surface area contributed by atoms with Crippen molar-refractivity contribution in [1.82, 2.24) is 19.6 Å². The van der Waals surface area contributed by atoms with E-state index >= 15 is 0 Å². The summed E-state index contributed by atoms with van der Waals surface area (Å²) in [6, 6.07) is 0. The second-order valence-corrected chi connectivity index (χ2v) is 5.92. The molecule has 0 aromatic carbocycles. The topological polar surface area (TPSA) is 99.7 Å². The monoisotopic (exact) mass is 408 g/mol. The molecule has 0 N–H and O–H groups in total. The van der Waals surface area contributed by atoms with E-state index < -0.39 is 18.1 Å². The Labute approximate surface area is 170 Å². The number of hydrogen-bond donors (Lipinski definition) is 0. The maximum atomic E-state index is 11.2. The quantitative estimate of drug-likeness (QED) is 0.246. The van der Waals surface area contributed by atoms with Gasteiger partial charge in [-0.15, -0.1) is 0 Å². The molecule has 0 spiro atoms. The highest BCUT2D eigenvalue weighted by Gasteiger charge is 2.29. The Morgan fingerprint density at radius 2 is 0.897 bits per heavy atom. The Balaban J connectivity index is 5.30. The van der Waals surface area contributed by atoms with Crippen LogP contribution in [0.4, 0.5) is 0 Å². The highest BCUT2D eigenvalue weighted by Crippen LogP contribution is 2.17. The Kier molecular flexibility index (Phi) is 11.6. The molecule has 0 unspecified atom stereocenters. The van der Waals surface area contributed by atoms with Crippen LogP contribution in [0.25, 0.3) is 0 Å². The van der Waals surface area contributed by atoms with Crippen molar-refractivity contribution in [3.63, 3.8) is 0 Å². The minimum Gasteiger partial charge on any atom is -0.346 e. The lowest BCUT2D eigenvalue weighted by Crippen LogP contribution is -2.49. The summed E-state index contributed by atoms with van der Waals surface area (Å²) < 4.78 is 11.4. The molecule has 0 rings (SSSR count). The molecular weight excluding hydrogens is 380 g/mol. The summed E-state index contributed by atoms with van der Waals surface area (Å²) >= 11 is 0. The molecule has 0 bridgehead atoms. The molecule has 0 fully saturated rings. The Hall–Kier alpha value is -3.24. The van der Waals surface area contributed by atoms with Crippen LogP contribution in [0, 0.1) is 0 Å². The molecule has 0 saturated heterocycles. The van der Waals surface area contributed by atoms with Crippen LogP contribution in [0.2, 0.25) is 0 Å². The molecule has 29 heavy (non-hydrogen) atoms. The Bertz CT molecular complexity index is 488. The molecular formula is C19H28N4O6. The summed E-state index contributed by atoms with van der Waals surface area (Å²) in [7, 11) is 0. The molecule has 0 radical (unpaired) electrons. The van der Waals surface area contributed by atoms with Crippen molar-refractivity contribution in [3.05, 3.63) is 51.1 Å². The summed E-state index contributed by atoms with van der Waals surface area (Å²) in [5.74, 6) is -1.21. The van der Waals surface area contributed by atoms with Gasteiger partial charge in [0.1, 0.15) is 12.3 Å². The summed E-state index contributed by atoms with van der Waals surface area (Å²) in [5.41, 5.74) is 0. The Morgan fingerprint density at radius 1 is 0.655 bits per heavy atom. The van der Waals surface area contributed by atoms with E-state index in [-0.39, 0.29) is 13.2 Å². The van der Waals surface area contributed by atoms with Crippen molar-refractivity contribution >= 4 is 25.6 Å². The highest BCUT2D eigenvalue weighted by atomic mass is 16.7. The maximum absolute atomic E-state index is 11.2. The molecule has 0 saturated carbocycles. The van der Waals surface area contributed by atoms with Crippen LogP contribution in [0.15, 0.2) is 51.1 Å². The molecule has 0 aliphatic carbocycles. The van der Waals surface area contributed by atoms with Gasteiger partial charge in [0.25, 0.3) is 0 Å². The van der Waals surface area contributed by atoms with Crippen molar-refractivity contribution in [3.8, 4) is 0 Å². The van der Waals surface area contributed by atoms with E-state index in [0.29, 0.717) is 25.6 Å². The average Bonchev–Trinajstić information content (AvgIpc) is 2.72. The van der Waals surface area contributed by atoms with Gasteiger partial charge in [0.15, 0.2) is 5.79 Å². The first-order valence-electron chi connectivity index (χ1n) is 8.48. The van der Waals surface area contributed by atoms with Crippen LogP contribution < -0.4 is 0 Å². The van der Waals surface area contributed by atoms with Crippen molar-refractivity contribution in [2.45, 2.75) is 32.0 Å².